The molecule has 1 aromatic carbocycles. The van der Waals surface area contributed by atoms with Crippen molar-refractivity contribution in [3.8, 4) is 5.75 Å². The number of aromatic hydroxyl groups is 1. The molecule has 0 aliphatic heterocycles. The lowest BCUT2D eigenvalue weighted by molar-refractivity contribution is -0.128. The van der Waals surface area contributed by atoms with Crippen molar-refractivity contribution in [3.05, 3.63) is 29.8 Å². The van der Waals surface area contributed by atoms with Gasteiger partial charge in [0.05, 0.1) is 12.2 Å². The normalized spacial score (nSPS) is 11.2. The quantitative estimate of drug-likeness (QED) is 0.843. The van der Waals surface area contributed by atoms with Gasteiger partial charge in [-0.3, -0.25) is 4.79 Å². The fraction of sp³-hybridized carbons (Fsp3) is 0.417. The first-order valence-electron chi connectivity index (χ1n) is 5.48. The minimum Gasteiger partial charge on any atom is -0.508 e. The number of likely N-dealkylation sites (N-methyl/N-ethyl adjacent to an activating group) is 1. The lowest BCUT2D eigenvalue weighted by Crippen LogP contribution is -2.32. The van der Waals surface area contributed by atoms with Crippen molar-refractivity contribution in [2.75, 3.05) is 25.6 Å². The van der Waals surface area contributed by atoms with E-state index >= 15 is 0 Å². The molecule has 0 spiro atoms. The van der Waals surface area contributed by atoms with E-state index in [0.29, 0.717) is 5.56 Å². The van der Waals surface area contributed by atoms with Crippen LogP contribution in [0.25, 0.3) is 0 Å². The Morgan fingerprint density at radius 1 is 1.33 bits per heavy atom. The van der Waals surface area contributed by atoms with Crippen molar-refractivity contribution < 1.29 is 18.3 Å². The molecule has 100 valence electrons. The summed E-state index contributed by atoms with van der Waals surface area (Å²) >= 11 is 0. The molecule has 0 saturated heterocycles. The van der Waals surface area contributed by atoms with Gasteiger partial charge in [-0.25, -0.2) is 8.42 Å². The van der Waals surface area contributed by atoms with E-state index in [-0.39, 0.29) is 30.4 Å². The van der Waals surface area contributed by atoms with Crippen LogP contribution < -0.4 is 0 Å². The molecule has 18 heavy (non-hydrogen) atoms. The molecule has 0 radical (unpaired) electrons. The predicted octanol–water partition coefficient (Wildman–Crippen LogP) is 0.438. The average molecular weight is 271 g/mol. The summed E-state index contributed by atoms with van der Waals surface area (Å²) in [6.07, 6.45) is 1.20. The van der Waals surface area contributed by atoms with Gasteiger partial charge in [-0.15, -0.1) is 0 Å². The Morgan fingerprint density at radius 2 is 1.94 bits per heavy atom. The number of phenols is 1. The number of nitrogens with zero attached hydrogens (tertiary/aromatic N) is 1. The number of hydrogen-bond donors (Lipinski definition) is 1. The monoisotopic (exact) mass is 271 g/mol. The third-order valence-corrected chi connectivity index (χ3v) is 3.48. The first-order valence-corrected chi connectivity index (χ1v) is 7.54. The van der Waals surface area contributed by atoms with Crippen LogP contribution in [-0.2, 0) is 21.1 Å². The van der Waals surface area contributed by atoms with Crippen molar-refractivity contribution in [2.45, 2.75) is 6.42 Å². The van der Waals surface area contributed by atoms with Gasteiger partial charge in [-0.05, 0) is 6.07 Å². The van der Waals surface area contributed by atoms with Crippen molar-refractivity contribution in [1.29, 1.82) is 0 Å². The van der Waals surface area contributed by atoms with Gasteiger partial charge in [0.15, 0.2) is 0 Å². The molecule has 0 unspecified atom stereocenters. The van der Waals surface area contributed by atoms with Crippen LogP contribution in [0.5, 0.6) is 5.75 Å². The minimum absolute atomic E-state index is 0.0595. The smallest absolute Gasteiger partial charge is 0.226 e. The molecule has 5 nitrogen and oxygen atoms in total. The summed E-state index contributed by atoms with van der Waals surface area (Å²) in [5, 5.41) is 9.53. The summed E-state index contributed by atoms with van der Waals surface area (Å²) < 4.78 is 22.0. The highest BCUT2D eigenvalue weighted by Gasteiger charge is 2.13. The first kappa shape index (κ1) is 14.5. The second-order valence-corrected chi connectivity index (χ2v) is 6.51. The summed E-state index contributed by atoms with van der Waals surface area (Å²) in [6, 6.07) is 6.59. The Balaban J connectivity index is 2.58. The van der Waals surface area contributed by atoms with Crippen molar-refractivity contribution in [1.82, 2.24) is 4.90 Å². The SMILES string of the molecule is CN(CCS(C)(=O)=O)C(=O)Cc1ccccc1O. The van der Waals surface area contributed by atoms with E-state index in [4.69, 9.17) is 0 Å². The molecule has 1 aromatic rings. The molecule has 1 rings (SSSR count). The molecule has 0 aliphatic rings. The van der Waals surface area contributed by atoms with Crippen LogP contribution in [-0.4, -0.2) is 49.9 Å². The summed E-state index contributed by atoms with van der Waals surface area (Å²) in [5.41, 5.74) is 0.536. The van der Waals surface area contributed by atoms with Gasteiger partial charge >= 0.3 is 0 Å². The van der Waals surface area contributed by atoms with Crippen molar-refractivity contribution >= 4 is 15.7 Å². The van der Waals surface area contributed by atoms with Crippen LogP contribution in [0.2, 0.25) is 0 Å². The largest absolute Gasteiger partial charge is 0.508 e. The maximum atomic E-state index is 11.8. The van der Waals surface area contributed by atoms with Gasteiger partial charge in [0, 0.05) is 25.4 Å². The van der Waals surface area contributed by atoms with Crippen molar-refractivity contribution in [3.63, 3.8) is 0 Å². The van der Waals surface area contributed by atoms with Crippen LogP contribution in [0.15, 0.2) is 24.3 Å². The molecule has 0 bridgehead atoms. The predicted molar refractivity (Wildman–Crippen MR) is 69.2 cm³/mol. The zero-order valence-electron chi connectivity index (χ0n) is 10.5. The Morgan fingerprint density at radius 3 is 2.50 bits per heavy atom. The molecular formula is C12H17NO4S. The summed E-state index contributed by atoms with van der Waals surface area (Å²) in [6.45, 7) is 0.158. The summed E-state index contributed by atoms with van der Waals surface area (Å²) in [7, 11) is -1.53. The van der Waals surface area contributed by atoms with Gasteiger partial charge < -0.3 is 10.0 Å². The molecule has 1 amide bonds. The third-order valence-electron chi connectivity index (χ3n) is 2.56. The molecule has 0 aliphatic carbocycles. The molecular weight excluding hydrogens is 254 g/mol. The maximum Gasteiger partial charge on any atom is 0.226 e. The lowest BCUT2D eigenvalue weighted by atomic mass is 10.1. The second kappa shape index (κ2) is 5.86. The highest BCUT2D eigenvalue weighted by Crippen LogP contribution is 2.16. The molecule has 0 aromatic heterocycles. The molecule has 1 N–H and O–H groups in total. The topological polar surface area (TPSA) is 74.7 Å². The number of para-hydroxylation sites is 1. The van der Waals surface area contributed by atoms with Gasteiger partial charge in [0.2, 0.25) is 5.91 Å². The number of benzene rings is 1. The zero-order valence-corrected chi connectivity index (χ0v) is 11.3. The fourth-order valence-corrected chi connectivity index (χ4v) is 1.99. The van der Waals surface area contributed by atoms with Crippen LogP contribution >= 0.6 is 0 Å². The van der Waals surface area contributed by atoms with Gasteiger partial charge in [0.1, 0.15) is 15.6 Å². The van der Waals surface area contributed by atoms with E-state index in [0.717, 1.165) is 6.26 Å². The Bertz CT molecular complexity index is 525. The van der Waals surface area contributed by atoms with E-state index < -0.39 is 9.84 Å². The lowest BCUT2D eigenvalue weighted by Gasteiger charge is -2.16. The van der Waals surface area contributed by atoms with Crippen LogP contribution in [0, 0.1) is 0 Å². The van der Waals surface area contributed by atoms with Crippen LogP contribution in [0.1, 0.15) is 5.56 Å². The minimum atomic E-state index is -3.08. The highest BCUT2D eigenvalue weighted by atomic mass is 32.2. The summed E-state index contributed by atoms with van der Waals surface area (Å²) in [4.78, 5) is 13.2. The van der Waals surface area contributed by atoms with E-state index in [1.54, 1.807) is 25.2 Å². The van der Waals surface area contributed by atoms with Crippen molar-refractivity contribution in [2.24, 2.45) is 0 Å². The number of phenolic OH excluding ortho intramolecular Hbond substituents is 1. The number of carbonyl (C=O) groups excluding carboxylic acids is 1. The standard InChI is InChI=1S/C12H17NO4S/c1-13(7-8-18(2,16)17)12(15)9-10-5-3-4-6-11(10)14/h3-6,14H,7-9H2,1-2H3. The van der Waals surface area contributed by atoms with E-state index in [1.807, 2.05) is 0 Å². The number of amides is 1. The highest BCUT2D eigenvalue weighted by molar-refractivity contribution is 7.90. The molecule has 0 saturated carbocycles. The molecule has 6 heteroatoms. The second-order valence-electron chi connectivity index (χ2n) is 4.25. The summed E-state index contributed by atoms with van der Waals surface area (Å²) in [5.74, 6) is -0.210. The molecule has 0 fully saturated rings. The Labute approximate surface area is 107 Å². The maximum absolute atomic E-state index is 11.8. The fourth-order valence-electron chi connectivity index (χ4n) is 1.39. The molecule has 0 heterocycles. The van der Waals surface area contributed by atoms with E-state index in [1.165, 1.54) is 11.0 Å². The first-order chi connectivity index (χ1) is 8.29. The number of sulfone groups is 1. The van der Waals surface area contributed by atoms with Gasteiger partial charge in [-0.1, -0.05) is 18.2 Å². The Hall–Kier alpha value is -1.56. The average Bonchev–Trinajstić information content (AvgIpc) is 2.28. The third kappa shape index (κ3) is 4.75. The number of carbonyl (C=O) groups is 1. The molecule has 0 atom stereocenters. The van der Waals surface area contributed by atoms with Crippen LogP contribution in [0.4, 0.5) is 0 Å². The van der Waals surface area contributed by atoms with Gasteiger partial charge in [0.25, 0.3) is 0 Å². The number of rotatable bonds is 5. The van der Waals surface area contributed by atoms with Gasteiger partial charge in [-0.2, -0.15) is 0 Å². The zero-order chi connectivity index (χ0) is 13.8. The Kier molecular flexibility index (Phi) is 4.72. The van der Waals surface area contributed by atoms with E-state index in [2.05, 4.69) is 0 Å². The van der Waals surface area contributed by atoms with Crippen LogP contribution in [0.3, 0.4) is 0 Å². The van der Waals surface area contributed by atoms with E-state index in [9.17, 15) is 18.3 Å². The number of hydrogen-bond acceptors (Lipinski definition) is 4.